The van der Waals surface area contributed by atoms with Gasteiger partial charge in [0.1, 0.15) is 18.1 Å². The second-order valence-corrected chi connectivity index (χ2v) is 8.67. The number of amides is 3. The number of benzene rings is 1. The number of nitrogens with zero attached hydrogens (tertiary/aromatic N) is 2. The highest BCUT2D eigenvalue weighted by atomic mass is 16.5. The molecule has 34 heavy (non-hydrogen) atoms. The molecule has 184 valence electrons. The Kier molecular flexibility index (Phi) is 8.81. The number of furan rings is 1. The van der Waals surface area contributed by atoms with Gasteiger partial charge in [-0.25, -0.2) is 4.79 Å². The van der Waals surface area contributed by atoms with Gasteiger partial charge < -0.3 is 29.4 Å². The number of hydrogen-bond acceptors (Lipinski definition) is 6. The van der Waals surface area contributed by atoms with Crippen LogP contribution in [0.1, 0.15) is 24.2 Å². The van der Waals surface area contributed by atoms with E-state index in [4.69, 9.17) is 13.9 Å². The molecule has 0 unspecified atom stereocenters. The largest absolute Gasteiger partial charge is 0.492 e. The van der Waals surface area contributed by atoms with Crippen molar-refractivity contribution in [3.8, 4) is 5.75 Å². The van der Waals surface area contributed by atoms with Crippen molar-refractivity contribution in [2.24, 2.45) is 5.92 Å². The molecule has 3 heterocycles. The van der Waals surface area contributed by atoms with Crippen LogP contribution < -0.4 is 15.4 Å². The van der Waals surface area contributed by atoms with Gasteiger partial charge in [0.15, 0.2) is 0 Å². The lowest BCUT2D eigenvalue weighted by molar-refractivity contribution is -0.126. The minimum absolute atomic E-state index is 0.0156. The predicted octanol–water partition coefficient (Wildman–Crippen LogP) is 2.23. The number of ether oxygens (including phenoxy) is 2. The lowest BCUT2D eigenvalue weighted by Crippen LogP contribution is -2.46. The van der Waals surface area contributed by atoms with E-state index in [1.807, 2.05) is 30.3 Å². The van der Waals surface area contributed by atoms with E-state index in [0.29, 0.717) is 45.6 Å². The molecule has 2 fully saturated rings. The maximum absolute atomic E-state index is 12.6. The maximum atomic E-state index is 12.6. The standard InChI is InChI=1S/C25H34N4O5/c30-24(26-19-23-5-2-13-33-23)21-6-8-29(9-7-21)25(31)27-18-20-3-1-4-22(17-20)34-16-12-28-10-14-32-15-11-28/h1-5,13,17,21H,6-12,14-16,18-19H2,(H,26,30)(H,27,31). The van der Waals surface area contributed by atoms with Crippen molar-refractivity contribution in [3.63, 3.8) is 0 Å². The Morgan fingerprint density at radius 2 is 1.82 bits per heavy atom. The van der Waals surface area contributed by atoms with Gasteiger partial charge in [0.05, 0.1) is 26.0 Å². The summed E-state index contributed by atoms with van der Waals surface area (Å²) in [5, 5.41) is 5.90. The average molecular weight is 471 g/mol. The van der Waals surface area contributed by atoms with Gasteiger partial charge in [0.25, 0.3) is 0 Å². The fourth-order valence-corrected chi connectivity index (χ4v) is 4.23. The summed E-state index contributed by atoms with van der Waals surface area (Å²) < 4.78 is 16.5. The Labute approximate surface area is 200 Å². The van der Waals surface area contributed by atoms with Gasteiger partial charge in [-0.2, -0.15) is 0 Å². The fraction of sp³-hybridized carbons (Fsp3) is 0.520. The Morgan fingerprint density at radius 1 is 1.00 bits per heavy atom. The van der Waals surface area contributed by atoms with E-state index in [-0.39, 0.29) is 17.9 Å². The molecule has 0 spiro atoms. The zero-order chi connectivity index (χ0) is 23.6. The highest BCUT2D eigenvalue weighted by molar-refractivity contribution is 5.79. The molecular weight excluding hydrogens is 436 g/mol. The number of carbonyl (C=O) groups excluding carboxylic acids is 2. The third-order valence-corrected chi connectivity index (χ3v) is 6.29. The Hall–Kier alpha value is -3.04. The summed E-state index contributed by atoms with van der Waals surface area (Å²) in [6.45, 7) is 6.92. The summed E-state index contributed by atoms with van der Waals surface area (Å²) in [5.74, 6) is 1.48. The van der Waals surface area contributed by atoms with E-state index >= 15 is 0 Å². The molecule has 2 saturated heterocycles. The zero-order valence-electron chi connectivity index (χ0n) is 19.5. The van der Waals surface area contributed by atoms with E-state index in [1.54, 1.807) is 17.2 Å². The van der Waals surface area contributed by atoms with Crippen molar-refractivity contribution in [2.45, 2.75) is 25.9 Å². The topological polar surface area (TPSA) is 96.3 Å². The molecule has 1 aromatic heterocycles. The van der Waals surface area contributed by atoms with E-state index in [2.05, 4.69) is 15.5 Å². The van der Waals surface area contributed by atoms with Crippen molar-refractivity contribution < 1.29 is 23.5 Å². The number of urea groups is 1. The first kappa shape index (κ1) is 24.1. The van der Waals surface area contributed by atoms with Crippen molar-refractivity contribution in [2.75, 3.05) is 52.5 Å². The molecule has 2 aromatic rings. The summed E-state index contributed by atoms with van der Waals surface area (Å²) in [5.41, 5.74) is 0.990. The summed E-state index contributed by atoms with van der Waals surface area (Å²) in [4.78, 5) is 29.1. The van der Waals surface area contributed by atoms with Crippen LogP contribution >= 0.6 is 0 Å². The van der Waals surface area contributed by atoms with Gasteiger partial charge in [-0.3, -0.25) is 9.69 Å². The summed E-state index contributed by atoms with van der Waals surface area (Å²) in [6.07, 6.45) is 2.91. The molecule has 0 saturated carbocycles. The minimum atomic E-state index is -0.104. The molecule has 0 aliphatic carbocycles. The second-order valence-electron chi connectivity index (χ2n) is 8.67. The smallest absolute Gasteiger partial charge is 0.317 e. The molecule has 1 aromatic carbocycles. The highest BCUT2D eigenvalue weighted by Crippen LogP contribution is 2.18. The lowest BCUT2D eigenvalue weighted by atomic mass is 9.96. The monoisotopic (exact) mass is 470 g/mol. The molecule has 4 rings (SSSR count). The SMILES string of the molecule is O=C(NCc1ccco1)C1CCN(C(=O)NCc2cccc(OCCN3CCOCC3)c2)CC1. The Balaban J connectivity index is 1.14. The van der Waals surface area contributed by atoms with Gasteiger partial charge in [-0.1, -0.05) is 12.1 Å². The van der Waals surface area contributed by atoms with Crippen LogP contribution in [0.15, 0.2) is 47.1 Å². The van der Waals surface area contributed by atoms with Crippen LogP contribution in [0.5, 0.6) is 5.75 Å². The van der Waals surface area contributed by atoms with E-state index in [9.17, 15) is 9.59 Å². The van der Waals surface area contributed by atoms with E-state index in [1.165, 1.54) is 0 Å². The summed E-state index contributed by atoms with van der Waals surface area (Å²) >= 11 is 0. The van der Waals surface area contributed by atoms with Crippen LogP contribution in [0.2, 0.25) is 0 Å². The van der Waals surface area contributed by atoms with Gasteiger partial charge >= 0.3 is 6.03 Å². The average Bonchev–Trinajstić information content (AvgIpc) is 3.41. The number of nitrogens with one attached hydrogen (secondary N) is 2. The van der Waals surface area contributed by atoms with Crippen LogP contribution in [-0.2, 0) is 22.6 Å². The van der Waals surface area contributed by atoms with Crippen molar-refractivity contribution >= 4 is 11.9 Å². The molecule has 3 amide bonds. The number of hydrogen-bond donors (Lipinski definition) is 2. The molecule has 9 nitrogen and oxygen atoms in total. The van der Waals surface area contributed by atoms with Gasteiger partial charge in [0.2, 0.25) is 5.91 Å². The highest BCUT2D eigenvalue weighted by Gasteiger charge is 2.27. The zero-order valence-corrected chi connectivity index (χ0v) is 19.5. The number of rotatable bonds is 9. The number of likely N-dealkylation sites (tertiary alicyclic amines) is 1. The van der Waals surface area contributed by atoms with Crippen LogP contribution in [-0.4, -0.2) is 74.3 Å². The molecule has 0 atom stereocenters. The van der Waals surface area contributed by atoms with Crippen molar-refractivity contribution in [1.82, 2.24) is 20.4 Å². The van der Waals surface area contributed by atoms with Gasteiger partial charge in [-0.05, 0) is 42.7 Å². The predicted molar refractivity (Wildman–Crippen MR) is 126 cm³/mol. The third kappa shape index (κ3) is 7.23. The first-order valence-corrected chi connectivity index (χ1v) is 12.0. The van der Waals surface area contributed by atoms with Crippen molar-refractivity contribution in [1.29, 1.82) is 0 Å². The van der Waals surface area contributed by atoms with Crippen molar-refractivity contribution in [3.05, 3.63) is 54.0 Å². The molecule has 0 radical (unpaired) electrons. The molecule has 2 aliphatic rings. The van der Waals surface area contributed by atoms with Crippen LogP contribution in [0.4, 0.5) is 4.79 Å². The molecule has 0 bridgehead atoms. The summed E-state index contributed by atoms with van der Waals surface area (Å²) in [6, 6.07) is 11.4. The number of carbonyl (C=O) groups is 2. The molecule has 9 heteroatoms. The first-order chi connectivity index (χ1) is 16.7. The van der Waals surface area contributed by atoms with Crippen LogP contribution in [0.3, 0.4) is 0 Å². The lowest BCUT2D eigenvalue weighted by Gasteiger charge is -2.31. The van der Waals surface area contributed by atoms with Gasteiger partial charge in [0, 0.05) is 45.2 Å². The quantitative estimate of drug-likeness (QED) is 0.584. The minimum Gasteiger partial charge on any atom is -0.492 e. The van der Waals surface area contributed by atoms with E-state index < -0.39 is 0 Å². The molecule has 2 N–H and O–H groups in total. The van der Waals surface area contributed by atoms with Crippen LogP contribution in [0, 0.1) is 5.92 Å². The Morgan fingerprint density at radius 3 is 2.59 bits per heavy atom. The third-order valence-electron chi connectivity index (χ3n) is 6.29. The summed E-state index contributed by atoms with van der Waals surface area (Å²) in [7, 11) is 0. The molecule has 2 aliphatic heterocycles. The molecular formula is C25H34N4O5. The fourth-order valence-electron chi connectivity index (χ4n) is 4.23. The van der Waals surface area contributed by atoms with Crippen LogP contribution in [0.25, 0.3) is 0 Å². The second kappa shape index (κ2) is 12.4. The normalized spacial score (nSPS) is 17.4. The number of piperidine rings is 1. The maximum Gasteiger partial charge on any atom is 0.317 e. The first-order valence-electron chi connectivity index (χ1n) is 12.0. The van der Waals surface area contributed by atoms with Gasteiger partial charge in [-0.15, -0.1) is 0 Å². The number of morpholine rings is 1. The Bertz CT molecular complexity index is 906. The van der Waals surface area contributed by atoms with E-state index in [0.717, 1.165) is 49.9 Å².